The summed E-state index contributed by atoms with van der Waals surface area (Å²) in [5, 5.41) is 0. The van der Waals surface area contributed by atoms with Crippen LogP contribution in [0.5, 0.6) is 0 Å². The zero-order valence-electron chi connectivity index (χ0n) is 11.9. The van der Waals surface area contributed by atoms with Crippen LogP contribution in [-0.4, -0.2) is 17.0 Å². The molecule has 18 heavy (non-hydrogen) atoms. The minimum atomic E-state index is 0.478. The molecule has 2 saturated carbocycles. The molecule has 1 nitrogen and oxygen atoms in total. The van der Waals surface area contributed by atoms with E-state index >= 15 is 0 Å². The van der Waals surface area contributed by atoms with Gasteiger partial charge in [0.15, 0.2) is 0 Å². The first-order chi connectivity index (χ1) is 8.79. The van der Waals surface area contributed by atoms with Crippen LogP contribution in [0.1, 0.15) is 77.6 Å². The first-order valence-corrected chi connectivity index (χ1v) is 9.00. The topological polar surface area (TPSA) is 9.23 Å². The van der Waals surface area contributed by atoms with Gasteiger partial charge in [-0.2, -0.15) is 0 Å². The van der Waals surface area contributed by atoms with Gasteiger partial charge in [0.05, 0.1) is 12.2 Å². The molecule has 0 heterocycles. The molecule has 0 bridgehead atoms. The van der Waals surface area contributed by atoms with Crippen molar-refractivity contribution >= 4 is 15.9 Å². The molecule has 0 saturated heterocycles. The summed E-state index contributed by atoms with van der Waals surface area (Å²) in [7, 11) is 0. The van der Waals surface area contributed by atoms with E-state index in [2.05, 4.69) is 22.9 Å². The lowest BCUT2D eigenvalue weighted by Gasteiger charge is -2.34. The van der Waals surface area contributed by atoms with Gasteiger partial charge < -0.3 is 4.74 Å². The fourth-order valence-electron chi connectivity index (χ4n) is 3.54. The highest BCUT2D eigenvalue weighted by Crippen LogP contribution is 2.32. The third-order valence-corrected chi connectivity index (χ3v) is 5.85. The Morgan fingerprint density at radius 3 is 2.50 bits per heavy atom. The first kappa shape index (κ1) is 14.8. The van der Waals surface area contributed by atoms with Crippen molar-refractivity contribution in [3.8, 4) is 0 Å². The van der Waals surface area contributed by atoms with Crippen molar-refractivity contribution in [3.63, 3.8) is 0 Å². The molecule has 0 amide bonds. The molecule has 0 N–H and O–H groups in total. The molecule has 0 aromatic rings. The van der Waals surface area contributed by atoms with Crippen molar-refractivity contribution in [2.75, 3.05) is 0 Å². The van der Waals surface area contributed by atoms with Gasteiger partial charge in [-0.3, -0.25) is 0 Å². The van der Waals surface area contributed by atoms with Crippen LogP contribution < -0.4 is 0 Å². The molecule has 106 valence electrons. The summed E-state index contributed by atoms with van der Waals surface area (Å²) in [5.74, 6) is 0.922. The molecule has 2 heteroatoms. The Labute approximate surface area is 121 Å². The Hall–Kier alpha value is 0.440. The maximum absolute atomic E-state index is 6.47. The van der Waals surface area contributed by atoms with E-state index in [1.165, 1.54) is 70.6 Å². The van der Waals surface area contributed by atoms with Gasteiger partial charge in [0.1, 0.15) is 0 Å². The Balaban J connectivity index is 1.81. The molecule has 0 radical (unpaired) electrons. The molecule has 0 aromatic heterocycles. The average Bonchev–Trinajstić information content (AvgIpc) is 2.39. The lowest BCUT2D eigenvalue weighted by Crippen LogP contribution is -2.33. The van der Waals surface area contributed by atoms with E-state index in [1.54, 1.807) is 0 Å². The normalized spacial score (nSPS) is 39.0. The number of ether oxygens (including phenoxy) is 1. The van der Waals surface area contributed by atoms with Crippen molar-refractivity contribution < 1.29 is 4.74 Å². The Bertz CT molecular complexity index is 231. The lowest BCUT2D eigenvalue weighted by atomic mass is 9.85. The summed E-state index contributed by atoms with van der Waals surface area (Å²) >= 11 is 3.87. The molecular weight excluding hydrogens is 288 g/mol. The summed E-state index contributed by atoms with van der Waals surface area (Å²) in [6.07, 6.45) is 15.9. The summed E-state index contributed by atoms with van der Waals surface area (Å²) in [4.78, 5) is 0.597. The van der Waals surface area contributed by atoms with E-state index in [0.29, 0.717) is 17.0 Å². The quantitative estimate of drug-likeness (QED) is 0.628. The standard InChI is InChI=1S/C16H29BrO/c1-2-13-8-7-9-14(12-13)18-16-11-6-4-3-5-10-15(16)17/h13-16H,2-12H2,1H3. The maximum atomic E-state index is 6.47. The van der Waals surface area contributed by atoms with E-state index in [1.807, 2.05) is 0 Å². The summed E-state index contributed by atoms with van der Waals surface area (Å²) in [6.45, 7) is 2.33. The molecule has 2 aliphatic carbocycles. The van der Waals surface area contributed by atoms with Gasteiger partial charge in [-0.15, -0.1) is 0 Å². The van der Waals surface area contributed by atoms with Crippen LogP contribution >= 0.6 is 15.9 Å². The second-order valence-electron chi connectivity index (χ2n) is 6.24. The summed E-state index contributed by atoms with van der Waals surface area (Å²) in [5.41, 5.74) is 0. The van der Waals surface area contributed by atoms with E-state index in [0.717, 1.165) is 5.92 Å². The Kier molecular flexibility index (Phi) is 6.51. The summed E-state index contributed by atoms with van der Waals surface area (Å²) < 4.78 is 6.47. The number of rotatable bonds is 3. The molecule has 4 unspecified atom stereocenters. The van der Waals surface area contributed by atoms with Gasteiger partial charge in [0.2, 0.25) is 0 Å². The highest BCUT2D eigenvalue weighted by atomic mass is 79.9. The van der Waals surface area contributed by atoms with E-state index in [4.69, 9.17) is 4.74 Å². The van der Waals surface area contributed by atoms with Gasteiger partial charge in [-0.1, -0.05) is 67.8 Å². The zero-order valence-corrected chi connectivity index (χ0v) is 13.5. The SMILES string of the molecule is CCC1CCCC(OC2CCCCCCC2Br)C1. The number of halogens is 1. The smallest absolute Gasteiger partial charge is 0.0703 e. The first-order valence-electron chi connectivity index (χ1n) is 8.09. The van der Waals surface area contributed by atoms with Crippen molar-refractivity contribution in [1.82, 2.24) is 0 Å². The van der Waals surface area contributed by atoms with Gasteiger partial charge >= 0.3 is 0 Å². The molecule has 0 spiro atoms. The third kappa shape index (κ3) is 4.52. The second kappa shape index (κ2) is 7.89. The molecule has 2 rings (SSSR count). The highest BCUT2D eigenvalue weighted by Gasteiger charge is 2.27. The van der Waals surface area contributed by atoms with Crippen molar-refractivity contribution in [2.24, 2.45) is 5.92 Å². The van der Waals surface area contributed by atoms with Gasteiger partial charge in [0.25, 0.3) is 0 Å². The minimum absolute atomic E-state index is 0.478. The van der Waals surface area contributed by atoms with Gasteiger partial charge in [-0.25, -0.2) is 0 Å². The molecule has 2 fully saturated rings. The monoisotopic (exact) mass is 316 g/mol. The Morgan fingerprint density at radius 1 is 0.944 bits per heavy atom. The molecule has 0 aliphatic heterocycles. The van der Waals surface area contributed by atoms with Crippen LogP contribution in [0, 0.1) is 5.92 Å². The fraction of sp³-hybridized carbons (Fsp3) is 1.00. The van der Waals surface area contributed by atoms with Gasteiger partial charge in [-0.05, 0) is 31.6 Å². The van der Waals surface area contributed by atoms with Gasteiger partial charge in [0, 0.05) is 4.83 Å². The molecule has 0 aromatic carbocycles. The number of hydrogen-bond donors (Lipinski definition) is 0. The predicted molar refractivity (Wildman–Crippen MR) is 81.3 cm³/mol. The van der Waals surface area contributed by atoms with Crippen LogP contribution in [0.2, 0.25) is 0 Å². The third-order valence-electron chi connectivity index (χ3n) is 4.80. The van der Waals surface area contributed by atoms with E-state index < -0.39 is 0 Å². The van der Waals surface area contributed by atoms with E-state index in [-0.39, 0.29) is 0 Å². The number of alkyl halides is 1. The predicted octanol–water partition coefficient (Wildman–Crippen LogP) is 5.46. The summed E-state index contributed by atoms with van der Waals surface area (Å²) in [6, 6.07) is 0. The Morgan fingerprint density at radius 2 is 1.72 bits per heavy atom. The van der Waals surface area contributed by atoms with Crippen LogP contribution in [0.15, 0.2) is 0 Å². The fourth-order valence-corrected chi connectivity index (χ4v) is 4.25. The van der Waals surface area contributed by atoms with Crippen LogP contribution in [0.3, 0.4) is 0 Å². The largest absolute Gasteiger partial charge is 0.374 e. The number of hydrogen-bond acceptors (Lipinski definition) is 1. The zero-order chi connectivity index (χ0) is 12.8. The molecule has 4 atom stereocenters. The van der Waals surface area contributed by atoms with Crippen LogP contribution in [-0.2, 0) is 4.74 Å². The lowest BCUT2D eigenvalue weighted by molar-refractivity contribution is -0.0466. The molecular formula is C16H29BrO. The van der Waals surface area contributed by atoms with Crippen molar-refractivity contribution in [1.29, 1.82) is 0 Å². The average molecular weight is 317 g/mol. The minimum Gasteiger partial charge on any atom is -0.374 e. The van der Waals surface area contributed by atoms with Crippen LogP contribution in [0.25, 0.3) is 0 Å². The molecule has 2 aliphatic rings. The van der Waals surface area contributed by atoms with Crippen LogP contribution in [0.4, 0.5) is 0 Å². The van der Waals surface area contributed by atoms with Crippen molar-refractivity contribution in [3.05, 3.63) is 0 Å². The second-order valence-corrected chi connectivity index (χ2v) is 7.42. The van der Waals surface area contributed by atoms with E-state index in [9.17, 15) is 0 Å². The maximum Gasteiger partial charge on any atom is 0.0703 e. The van der Waals surface area contributed by atoms with Crippen molar-refractivity contribution in [2.45, 2.75) is 94.6 Å². The highest BCUT2D eigenvalue weighted by molar-refractivity contribution is 9.09.